The van der Waals surface area contributed by atoms with Crippen LogP contribution in [0.2, 0.25) is 5.02 Å². The molecule has 0 saturated carbocycles. The number of fused-ring (bicyclic) bond motifs is 1. The van der Waals surface area contributed by atoms with Crippen LogP contribution in [0, 0.1) is 6.92 Å². The maximum Gasteiger partial charge on any atom is 0.335 e. The van der Waals surface area contributed by atoms with Crippen molar-refractivity contribution >= 4 is 23.2 Å². The van der Waals surface area contributed by atoms with Crippen LogP contribution in [-0.4, -0.2) is 30.9 Å². The number of hydrogen-bond acceptors (Lipinski definition) is 3. The Kier molecular flexibility index (Phi) is 4.33. The van der Waals surface area contributed by atoms with Crippen molar-refractivity contribution in [1.82, 2.24) is 19.8 Å². The molecule has 1 aromatic carbocycles. The Morgan fingerprint density at radius 3 is 2.64 bits per heavy atom. The van der Waals surface area contributed by atoms with Gasteiger partial charge < -0.3 is 5.11 Å². The first-order valence-corrected chi connectivity index (χ1v) is 8.51. The second-order valence-corrected chi connectivity index (χ2v) is 7.65. The van der Waals surface area contributed by atoms with Crippen molar-refractivity contribution in [1.29, 1.82) is 0 Å². The van der Waals surface area contributed by atoms with Crippen molar-refractivity contribution in [2.75, 3.05) is 0 Å². The number of H-pyrrole nitrogens is 1. The summed E-state index contributed by atoms with van der Waals surface area (Å²) in [5.74, 6) is -0.149. The zero-order valence-corrected chi connectivity index (χ0v) is 15.5. The van der Waals surface area contributed by atoms with Crippen LogP contribution in [0.25, 0.3) is 5.65 Å². The molecule has 0 radical (unpaired) electrons. The number of halogens is 1. The quantitative estimate of drug-likeness (QED) is 0.741. The molecule has 25 heavy (non-hydrogen) atoms. The highest BCUT2D eigenvalue weighted by molar-refractivity contribution is 6.34. The van der Waals surface area contributed by atoms with E-state index in [9.17, 15) is 4.79 Å². The minimum atomic E-state index is -0.919. The number of aryl methyl sites for hydroxylation is 3. The summed E-state index contributed by atoms with van der Waals surface area (Å²) in [5, 5.41) is 21.5. The van der Waals surface area contributed by atoms with E-state index in [4.69, 9.17) is 16.7 Å². The summed E-state index contributed by atoms with van der Waals surface area (Å²) in [6.45, 7) is 8.22. The number of carboxylic acids is 1. The maximum atomic E-state index is 11.2. The molecule has 0 aliphatic heterocycles. The number of rotatable bonds is 4. The highest BCUT2D eigenvalue weighted by Crippen LogP contribution is 2.31. The van der Waals surface area contributed by atoms with Crippen molar-refractivity contribution in [3.8, 4) is 0 Å². The van der Waals surface area contributed by atoms with Crippen LogP contribution in [0.4, 0.5) is 0 Å². The van der Waals surface area contributed by atoms with Crippen LogP contribution in [-0.2, 0) is 18.3 Å². The number of carbonyl (C=O) groups is 1. The minimum absolute atomic E-state index is 0.124. The van der Waals surface area contributed by atoms with Gasteiger partial charge in [0.2, 0.25) is 0 Å². The van der Waals surface area contributed by atoms with Crippen LogP contribution < -0.4 is 0 Å². The van der Waals surface area contributed by atoms with Crippen molar-refractivity contribution in [3.05, 3.63) is 51.4 Å². The SMILES string of the molecule is Cc1ccc(C(=O)O)cc1CCc1nnc2c(Cl)c(C(C)(C)C)[nH]n12. The van der Waals surface area contributed by atoms with Gasteiger partial charge in [0.15, 0.2) is 11.5 Å². The van der Waals surface area contributed by atoms with Gasteiger partial charge in [-0.3, -0.25) is 5.10 Å². The largest absolute Gasteiger partial charge is 0.478 e. The molecule has 132 valence electrons. The summed E-state index contributed by atoms with van der Waals surface area (Å²) in [6.07, 6.45) is 1.31. The van der Waals surface area contributed by atoms with Gasteiger partial charge in [-0.05, 0) is 36.6 Å². The smallest absolute Gasteiger partial charge is 0.335 e. The molecule has 0 bridgehead atoms. The van der Waals surface area contributed by atoms with E-state index < -0.39 is 5.97 Å². The van der Waals surface area contributed by atoms with Crippen molar-refractivity contribution in [3.63, 3.8) is 0 Å². The van der Waals surface area contributed by atoms with Crippen LogP contribution in [0.3, 0.4) is 0 Å². The first kappa shape index (κ1) is 17.5. The standard InChI is InChI=1S/C18H21ClN4O2/c1-10-5-6-12(17(24)25)9-11(10)7-8-13-20-21-16-14(19)15(18(2,3)4)22-23(13)16/h5-6,9,22H,7-8H2,1-4H3,(H,24,25). The molecule has 2 N–H and O–H groups in total. The van der Waals surface area contributed by atoms with Gasteiger partial charge in [0.25, 0.3) is 0 Å². The summed E-state index contributed by atoms with van der Waals surface area (Å²) in [6, 6.07) is 5.18. The van der Waals surface area contributed by atoms with E-state index in [0.717, 1.165) is 22.6 Å². The van der Waals surface area contributed by atoms with Crippen LogP contribution in [0.5, 0.6) is 0 Å². The second-order valence-electron chi connectivity index (χ2n) is 7.27. The molecule has 3 aromatic rings. The number of nitrogens with zero attached hydrogens (tertiary/aromatic N) is 3. The maximum absolute atomic E-state index is 11.2. The number of aromatic nitrogens is 4. The highest BCUT2D eigenvalue weighted by atomic mass is 35.5. The van der Waals surface area contributed by atoms with Crippen molar-refractivity contribution in [2.24, 2.45) is 0 Å². The lowest BCUT2D eigenvalue weighted by Crippen LogP contribution is -2.13. The Morgan fingerprint density at radius 1 is 1.28 bits per heavy atom. The molecule has 7 heteroatoms. The molecule has 3 rings (SSSR count). The van der Waals surface area contributed by atoms with Crippen molar-refractivity contribution < 1.29 is 9.90 Å². The molecule has 0 amide bonds. The predicted molar refractivity (Wildman–Crippen MR) is 96.6 cm³/mol. The zero-order chi connectivity index (χ0) is 18.4. The first-order valence-electron chi connectivity index (χ1n) is 8.13. The van der Waals surface area contributed by atoms with Gasteiger partial charge in [0, 0.05) is 11.8 Å². The lowest BCUT2D eigenvalue weighted by atomic mass is 9.92. The monoisotopic (exact) mass is 360 g/mol. The summed E-state index contributed by atoms with van der Waals surface area (Å²) in [7, 11) is 0. The fraction of sp³-hybridized carbons (Fsp3) is 0.389. The van der Waals surface area contributed by atoms with Gasteiger partial charge in [-0.25, -0.2) is 9.31 Å². The van der Waals surface area contributed by atoms with E-state index in [1.165, 1.54) is 0 Å². The summed E-state index contributed by atoms with van der Waals surface area (Å²) in [4.78, 5) is 11.2. The van der Waals surface area contributed by atoms with Gasteiger partial charge in [-0.2, -0.15) is 0 Å². The van der Waals surface area contributed by atoms with Crippen LogP contribution in [0.15, 0.2) is 18.2 Å². The molecule has 0 spiro atoms. The van der Waals surface area contributed by atoms with E-state index in [0.29, 0.717) is 29.1 Å². The number of nitrogens with one attached hydrogen (secondary N) is 1. The van der Waals surface area contributed by atoms with E-state index >= 15 is 0 Å². The third-order valence-corrected chi connectivity index (χ3v) is 4.69. The normalized spacial score (nSPS) is 12.0. The molecule has 2 aromatic heterocycles. The van der Waals surface area contributed by atoms with Gasteiger partial charge >= 0.3 is 5.97 Å². The zero-order valence-electron chi connectivity index (χ0n) is 14.7. The van der Waals surface area contributed by atoms with Gasteiger partial charge in [-0.1, -0.05) is 38.4 Å². The molecule has 6 nitrogen and oxygen atoms in total. The van der Waals surface area contributed by atoms with E-state index in [1.54, 1.807) is 12.1 Å². The molecule has 0 aliphatic rings. The van der Waals surface area contributed by atoms with Gasteiger partial charge in [0.1, 0.15) is 5.02 Å². The van der Waals surface area contributed by atoms with Gasteiger partial charge in [-0.15, -0.1) is 10.2 Å². The van der Waals surface area contributed by atoms with E-state index in [-0.39, 0.29) is 5.41 Å². The van der Waals surface area contributed by atoms with E-state index in [2.05, 4.69) is 36.1 Å². The Balaban J connectivity index is 1.90. The van der Waals surface area contributed by atoms with Crippen molar-refractivity contribution in [2.45, 2.75) is 46.0 Å². The third kappa shape index (κ3) is 3.26. The lowest BCUT2D eigenvalue weighted by molar-refractivity contribution is 0.0696. The van der Waals surface area contributed by atoms with E-state index in [1.807, 2.05) is 17.5 Å². The Labute approximate surface area is 150 Å². The predicted octanol–water partition coefficient (Wildman–Crippen LogP) is 3.80. The number of benzene rings is 1. The highest BCUT2D eigenvalue weighted by Gasteiger charge is 2.24. The summed E-state index contributed by atoms with van der Waals surface area (Å²) in [5.41, 5.74) is 3.77. The molecule has 0 fully saturated rings. The average Bonchev–Trinajstić information content (AvgIpc) is 3.06. The van der Waals surface area contributed by atoms with Gasteiger partial charge in [0.05, 0.1) is 11.3 Å². The molecule has 0 saturated heterocycles. The molecule has 0 unspecified atom stereocenters. The minimum Gasteiger partial charge on any atom is -0.478 e. The number of aromatic carboxylic acids is 1. The molecule has 2 heterocycles. The second kappa shape index (κ2) is 6.19. The summed E-state index contributed by atoms with van der Waals surface area (Å²) < 4.78 is 1.82. The number of hydrogen-bond donors (Lipinski definition) is 2. The average molecular weight is 361 g/mol. The Bertz CT molecular complexity index is 950. The third-order valence-electron chi connectivity index (χ3n) is 4.33. The fourth-order valence-electron chi connectivity index (χ4n) is 2.83. The first-order chi connectivity index (χ1) is 11.7. The molecular formula is C18H21ClN4O2. The molecular weight excluding hydrogens is 340 g/mol. The number of aromatic amines is 1. The fourth-order valence-corrected chi connectivity index (χ4v) is 3.28. The summed E-state index contributed by atoms with van der Waals surface area (Å²) >= 11 is 6.43. The number of carboxylic acid groups (broad SMARTS) is 1. The lowest BCUT2D eigenvalue weighted by Gasteiger charge is -2.16. The molecule has 0 atom stereocenters. The topological polar surface area (TPSA) is 83.3 Å². The van der Waals surface area contributed by atoms with Crippen LogP contribution >= 0.6 is 11.6 Å². The Hall–Kier alpha value is -2.34. The Morgan fingerprint density at radius 2 is 2.00 bits per heavy atom. The van der Waals surface area contributed by atoms with Crippen LogP contribution in [0.1, 0.15) is 53.8 Å². The molecule has 0 aliphatic carbocycles.